The average molecular weight is 330 g/mol. The lowest BCUT2D eigenvalue weighted by Gasteiger charge is -2.32. The SMILES string of the molecule is Cc1ccnc(N2CCC(CC(=O)OC(=O)C(F)(F)F)CC2)c1. The number of hydrogen-bond donors (Lipinski definition) is 0. The third-order valence-electron chi connectivity index (χ3n) is 3.73. The fourth-order valence-electron chi connectivity index (χ4n) is 2.50. The zero-order valence-corrected chi connectivity index (χ0v) is 12.6. The van der Waals surface area contributed by atoms with Crippen molar-refractivity contribution in [3.05, 3.63) is 23.9 Å². The summed E-state index contributed by atoms with van der Waals surface area (Å²) in [5, 5.41) is 0. The van der Waals surface area contributed by atoms with E-state index in [1.807, 2.05) is 19.1 Å². The summed E-state index contributed by atoms with van der Waals surface area (Å²) in [5.74, 6) is -2.83. The highest BCUT2D eigenvalue weighted by Crippen LogP contribution is 2.25. The smallest absolute Gasteiger partial charge is 0.386 e. The van der Waals surface area contributed by atoms with Crippen LogP contribution < -0.4 is 4.90 Å². The van der Waals surface area contributed by atoms with E-state index < -0.39 is 18.1 Å². The van der Waals surface area contributed by atoms with Crippen molar-refractivity contribution >= 4 is 17.8 Å². The van der Waals surface area contributed by atoms with E-state index >= 15 is 0 Å². The number of nitrogens with zero attached hydrogens (tertiary/aromatic N) is 2. The predicted octanol–water partition coefficient (Wildman–Crippen LogP) is 2.63. The Kier molecular flexibility index (Phi) is 5.23. The Bertz CT molecular complexity index is 582. The van der Waals surface area contributed by atoms with Gasteiger partial charge in [0.05, 0.1) is 0 Å². The molecule has 2 heterocycles. The molecule has 1 fully saturated rings. The van der Waals surface area contributed by atoms with Gasteiger partial charge in [0.15, 0.2) is 0 Å². The number of halogens is 3. The fraction of sp³-hybridized carbons (Fsp3) is 0.533. The van der Waals surface area contributed by atoms with Crippen LogP contribution in [0.1, 0.15) is 24.8 Å². The molecule has 8 heteroatoms. The van der Waals surface area contributed by atoms with E-state index in [1.165, 1.54) is 0 Å². The first-order chi connectivity index (χ1) is 10.8. The van der Waals surface area contributed by atoms with E-state index in [-0.39, 0.29) is 12.3 Å². The summed E-state index contributed by atoms with van der Waals surface area (Å²) in [4.78, 5) is 28.3. The number of carbonyl (C=O) groups is 2. The quantitative estimate of drug-likeness (QED) is 0.630. The molecular weight excluding hydrogens is 313 g/mol. The predicted molar refractivity (Wildman–Crippen MR) is 75.7 cm³/mol. The van der Waals surface area contributed by atoms with E-state index in [0.29, 0.717) is 25.9 Å². The van der Waals surface area contributed by atoms with Crippen LogP contribution in [0, 0.1) is 12.8 Å². The lowest BCUT2D eigenvalue weighted by atomic mass is 9.93. The van der Waals surface area contributed by atoms with Crippen LogP contribution in [0.3, 0.4) is 0 Å². The molecule has 1 aliphatic heterocycles. The van der Waals surface area contributed by atoms with Crippen LogP contribution in [0.4, 0.5) is 19.0 Å². The number of esters is 2. The van der Waals surface area contributed by atoms with Crippen LogP contribution >= 0.6 is 0 Å². The van der Waals surface area contributed by atoms with Crippen molar-refractivity contribution in [3.63, 3.8) is 0 Å². The monoisotopic (exact) mass is 330 g/mol. The standard InChI is InChI=1S/C15H17F3N2O3/c1-10-2-5-19-12(8-10)20-6-3-11(4-7-20)9-13(21)23-14(22)15(16,17)18/h2,5,8,11H,3-4,6-7,9H2,1H3. The summed E-state index contributed by atoms with van der Waals surface area (Å²) >= 11 is 0. The highest BCUT2D eigenvalue weighted by atomic mass is 19.4. The van der Waals surface area contributed by atoms with Gasteiger partial charge in [0.25, 0.3) is 0 Å². The zero-order valence-electron chi connectivity index (χ0n) is 12.6. The second-order valence-corrected chi connectivity index (χ2v) is 5.59. The molecule has 0 N–H and O–H groups in total. The van der Waals surface area contributed by atoms with E-state index in [9.17, 15) is 22.8 Å². The molecule has 0 spiro atoms. The summed E-state index contributed by atoms with van der Waals surface area (Å²) in [5.41, 5.74) is 1.09. The number of alkyl halides is 3. The van der Waals surface area contributed by atoms with Crippen molar-refractivity contribution in [1.82, 2.24) is 4.98 Å². The van der Waals surface area contributed by atoms with E-state index in [1.54, 1.807) is 6.20 Å². The van der Waals surface area contributed by atoms with Gasteiger partial charge in [0.1, 0.15) is 5.82 Å². The molecular formula is C15H17F3N2O3. The van der Waals surface area contributed by atoms with E-state index in [2.05, 4.69) is 14.6 Å². The molecule has 1 aromatic rings. The van der Waals surface area contributed by atoms with Crippen LogP contribution in [0.2, 0.25) is 0 Å². The third kappa shape index (κ3) is 4.94. The Hall–Kier alpha value is -2.12. The van der Waals surface area contributed by atoms with Gasteiger partial charge in [-0.3, -0.25) is 4.79 Å². The van der Waals surface area contributed by atoms with Crippen LogP contribution in [-0.4, -0.2) is 36.2 Å². The fourth-order valence-corrected chi connectivity index (χ4v) is 2.50. The van der Waals surface area contributed by atoms with Gasteiger partial charge in [0.2, 0.25) is 0 Å². The molecule has 0 unspecified atom stereocenters. The molecule has 1 saturated heterocycles. The molecule has 5 nitrogen and oxygen atoms in total. The summed E-state index contributed by atoms with van der Waals surface area (Å²) in [6, 6.07) is 3.85. The molecule has 0 saturated carbocycles. The number of hydrogen-bond acceptors (Lipinski definition) is 5. The van der Waals surface area contributed by atoms with Crippen LogP contribution in [-0.2, 0) is 14.3 Å². The molecule has 0 radical (unpaired) electrons. The van der Waals surface area contributed by atoms with Crippen molar-refractivity contribution in [1.29, 1.82) is 0 Å². The Balaban J connectivity index is 1.81. The molecule has 1 aliphatic rings. The topological polar surface area (TPSA) is 59.5 Å². The molecule has 0 aliphatic carbocycles. The van der Waals surface area contributed by atoms with Gasteiger partial charge in [-0.15, -0.1) is 0 Å². The van der Waals surface area contributed by atoms with Crippen LogP contribution in [0.5, 0.6) is 0 Å². The minimum absolute atomic E-state index is 0.0930. The third-order valence-corrected chi connectivity index (χ3v) is 3.73. The Morgan fingerprint density at radius 3 is 2.57 bits per heavy atom. The number of pyridine rings is 1. The van der Waals surface area contributed by atoms with Gasteiger partial charge in [-0.25, -0.2) is 9.78 Å². The molecule has 126 valence electrons. The Morgan fingerprint density at radius 1 is 1.35 bits per heavy atom. The maximum absolute atomic E-state index is 12.0. The second-order valence-electron chi connectivity index (χ2n) is 5.59. The Labute approximate surface area is 131 Å². The highest BCUT2D eigenvalue weighted by molar-refractivity contribution is 5.88. The number of aromatic nitrogens is 1. The van der Waals surface area contributed by atoms with Crippen molar-refractivity contribution in [3.8, 4) is 0 Å². The molecule has 0 atom stereocenters. The van der Waals surface area contributed by atoms with Gasteiger partial charge in [-0.2, -0.15) is 13.2 Å². The second kappa shape index (κ2) is 6.97. The normalized spacial score (nSPS) is 16.3. The highest BCUT2D eigenvalue weighted by Gasteiger charge is 2.42. The van der Waals surface area contributed by atoms with Crippen molar-refractivity contribution in [2.24, 2.45) is 5.92 Å². The van der Waals surface area contributed by atoms with Gasteiger partial charge in [0, 0.05) is 25.7 Å². The van der Waals surface area contributed by atoms with Gasteiger partial charge >= 0.3 is 18.1 Å². The van der Waals surface area contributed by atoms with Gasteiger partial charge in [-0.1, -0.05) is 0 Å². The maximum Gasteiger partial charge on any atom is 0.491 e. The summed E-state index contributed by atoms with van der Waals surface area (Å²) in [7, 11) is 0. The summed E-state index contributed by atoms with van der Waals surface area (Å²) < 4.78 is 39.9. The first kappa shape index (κ1) is 17.2. The average Bonchev–Trinajstić information content (AvgIpc) is 2.47. The number of aryl methyl sites for hydroxylation is 1. The van der Waals surface area contributed by atoms with E-state index in [4.69, 9.17) is 0 Å². The minimum Gasteiger partial charge on any atom is -0.386 e. The molecule has 23 heavy (non-hydrogen) atoms. The lowest BCUT2D eigenvalue weighted by Crippen LogP contribution is -2.35. The molecule has 2 rings (SSSR count). The van der Waals surface area contributed by atoms with Gasteiger partial charge < -0.3 is 9.64 Å². The number of rotatable bonds is 3. The first-order valence-corrected chi connectivity index (χ1v) is 7.25. The van der Waals surface area contributed by atoms with Gasteiger partial charge in [-0.05, 0) is 43.4 Å². The largest absolute Gasteiger partial charge is 0.491 e. The number of anilines is 1. The van der Waals surface area contributed by atoms with Crippen molar-refractivity contribution < 1.29 is 27.5 Å². The summed E-state index contributed by atoms with van der Waals surface area (Å²) in [6.07, 6.45) is -2.35. The summed E-state index contributed by atoms with van der Waals surface area (Å²) in [6.45, 7) is 3.27. The first-order valence-electron chi connectivity index (χ1n) is 7.25. The lowest BCUT2D eigenvalue weighted by molar-refractivity contribution is -0.202. The molecule has 0 amide bonds. The number of ether oxygens (including phenoxy) is 1. The van der Waals surface area contributed by atoms with Crippen LogP contribution in [0.25, 0.3) is 0 Å². The molecule has 0 aromatic carbocycles. The van der Waals surface area contributed by atoms with Crippen molar-refractivity contribution in [2.75, 3.05) is 18.0 Å². The van der Waals surface area contributed by atoms with Crippen LogP contribution in [0.15, 0.2) is 18.3 Å². The molecule has 1 aromatic heterocycles. The Morgan fingerprint density at radius 2 is 2.00 bits per heavy atom. The number of piperidine rings is 1. The maximum atomic E-state index is 12.0. The number of carbonyl (C=O) groups excluding carboxylic acids is 2. The molecule has 0 bridgehead atoms. The minimum atomic E-state index is -5.14. The zero-order chi connectivity index (χ0) is 17.0. The van der Waals surface area contributed by atoms with E-state index in [0.717, 1.165) is 11.4 Å². The van der Waals surface area contributed by atoms with Crippen molar-refractivity contribution in [2.45, 2.75) is 32.4 Å².